The minimum atomic E-state index is -4.67. The van der Waals surface area contributed by atoms with Crippen molar-refractivity contribution in [1.29, 1.82) is 0 Å². The van der Waals surface area contributed by atoms with E-state index in [0.717, 1.165) is 6.34 Å². The minimum absolute atomic E-state index is 0.0546. The maximum Gasteiger partial charge on any atom is 0.429 e. The molecule has 0 bridgehead atoms. The van der Waals surface area contributed by atoms with Crippen LogP contribution in [0.1, 0.15) is 31.4 Å². The molecule has 1 N–H and O–H groups in total. The second-order valence-corrected chi connectivity index (χ2v) is 6.94. The summed E-state index contributed by atoms with van der Waals surface area (Å²) in [6.45, 7) is 3.97. The first-order valence-corrected chi connectivity index (χ1v) is 8.74. The smallest absolute Gasteiger partial charge is 0.346 e. The zero-order chi connectivity index (χ0) is 20.4. The zero-order valence-corrected chi connectivity index (χ0v) is 15.4. The van der Waals surface area contributed by atoms with Crippen molar-refractivity contribution in [1.82, 2.24) is 9.55 Å². The van der Waals surface area contributed by atoms with E-state index in [1.165, 1.54) is 29.2 Å². The number of alkyl halides is 3. The van der Waals surface area contributed by atoms with Crippen LogP contribution in [0.25, 0.3) is 0 Å². The van der Waals surface area contributed by atoms with E-state index >= 15 is 0 Å². The summed E-state index contributed by atoms with van der Waals surface area (Å²) < 4.78 is 43.4. The predicted octanol–water partition coefficient (Wildman–Crippen LogP) is 3.55. The Morgan fingerprint density at radius 2 is 2.07 bits per heavy atom. The highest BCUT2D eigenvalue weighted by molar-refractivity contribution is 5.83. The maximum atomic E-state index is 14.0. The van der Waals surface area contributed by atoms with Gasteiger partial charge in [0.05, 0.1) is 19.2 Å². The average Bonchev–Trinajstić information content (AvgIpc) is 2.62. The van der Waals surface area contributed by atoms with Crippen molar-refractivity contribution in [2.75, 3.05) is 5.32 Å². The second-order valence-electron chi connectivity index (χ2n) is 6.94. The third-order valence-electron chi connectivity index (χ3n) is 4.29. The molecule has 0 saturated carbocycles. The SMILES string of the molecule is CC(C)CC#C[C@@]1(C(F)(F)F)N=CNc2cc(Cn3cnccc3=O)ccc21. The fourth-order valence-corrected chi connectivity index (χ4v) is 2.87. The molecule has 0 amide bonds. The minimum Gasteiger partial charge on any atom is -0.346 e. The van der Waals surface area contributed by atoms with E-state index in [-0.39, 0.29) is 29.3 Å². The van der Waals surface area contributed by atoms with Gasteiger partial charge in [-0.05, 0) is 17.5 Å². The number of aromatic nitrogens is 2. The number of nitrogens with zero attached hydrogens (tertiary/aromatic N) is 3. The lowest BCUT2D eigenvalue weighted by Crippen LogP contribution is -2.42. The second kappa shape index (κ2) is 7.50. The fraction of sp³-hybridized carbons (Fsp3) is 0.350. The van der Waals surface area contributed by atoms with Crippen molar-refractivity contribution in [3.05, 3.63) is 58.3 Å². The Kier molecular flexibility index (Phi) is 5.27. The van der Waals surface area contributed by atoms with Crippen molar-refractivity contribution >= 4 is 12.0 Å². The van der Waals surface area contributed by atoms with Gasteiger partial charge in [0.25, 0.3) is 5.56 Å². The van der Waals surface area contributed by atoms with E-state index in [1.807, 2.05) is 13.8 Å². The predicted molar refractivity (Wildman–Crippen MR) is 101 cm³/mol. The maximum absolute atomic E-state index is 14.0. The Balaban J connectivity index is 2.03. The van der Waals surface area contributed by atoms with Crippen LogP contribution in [0.15, 0.2) is 46.6 Å². The van der Waals surface area contributed by atoms with E-state index in [2.05, 4.69) is 27.1 Å². The molecule has 1 aliphatic rings. The van der Waals surface area contributed by atoms with Crippen LogP contribution < -0.4 is 10.9 Å². The molecule has 2 aromatic rings. The summed E-state index contributed by atoms with van der Waals surface area (Å²) in [5.41, 5.74) is -1.98. The summed E-state index contributed by atoms with van der Waals surface area (Å²) in [4.78, 5) is 19.4. The lowest BCUT2D eigenvalue weighted by atomic mass is 9.86. The van der Waals surface area contributed by atoms with Gasteiger partial charge in [0.15, 0.2) is 0 Å². The molecule has 5 nitrogen and oxygen atoms in total. The highest BCUT2D eigenvalue weighted by Crippen LogP contribution is 2.46. The molecule has 1 aliphatic heterocycles. The molecule has 3 rings (SSSR count). The van der Waals surface area contributed by atoms with Crippen molar-refractivity contribution < 1.29 is 13.2 Å². The molecule has 0 aliphatic carbocycles. The molecule has 1 aromatic carbocycles. The molecule has 1 aromatic heterocycles. The molecule has 8 heteroatoms. The number of halogens is 3. The van der Waals surface area contributed by atoms with Crippen LogP contribution in [0.4, 0.5) is 18.9 Å². The quantitative estimate of drug-likeness (QED) is 0.818. The van der Waals surface area contributed by atoms with Gasteiger partial charge in [-0.2, -0.15) is 13.2 Å². The van der Waals surface area contributed by atoms with Gasteiger partial charge in [-0.25, -0.2) is 9.98 Å². The highest BCUT2D eigenvalue weighted by Gasteiger charge is 2.57. The molecular weight excluding hydrogens is 369 g/mol. The number of hydrogen-bond acceptors (Lipinski definition) is 4. The van der Waals surface area contributed by atoms with E-state index in [1.54, 1.807) is 12.1 Å². The first-order valence-electron chi connectivity index (χ1n) is 8.74. The molecule has 1 atom stereocenters. The van der Waals surface area contributed by atoms with Gasteiger partial charge < -0.3 is 5.32 Å². The third kappa shape index (κ3) is 3.79. The Morgan fingerprint density at radius 1 is 1.29 bits per heavy atom. The summed E-state index contributed by atoms with van der Waals surface area (Å²) >= 11 is 0. The number of rotatable bonds is 3. The van der Waals surface area contributed by atoms with Crippen LogP contribution in [0.3, 0.4) is 0 Å². The van der Waals surface area contributed by atoms with Crippen LogP contribution in [-0.4, -0.2) is 22.1 Å². The standard InChI is InChI=1S/C20H19F3N4O/c1-14(2)4-3-8-19(20(21,22)23)16-6-5-15(10-17(16)25-12-26-19)11-27-13-24-9-7-18(27)28/h5-7,9-10,12-14H,4,11H2,1-2H3,(H,25,26)/t19-/m1/s1. The van der Waals surface area contributed by atoms with Gasteiger partial charge in [0.1, 0.15) is 0 Å². The monoisotopic (exact) mass is 388 g/mol. The number of benzene rings is 1. The molecule has 0 spiro atoms. The Labute approximate surface area is 160 Å². The van der Waals surface area contributed by atoms with Crippen molar-refractivity contribution in [2.24, 2.45) is 10.9 Å². The Hall–Kier alpha value is -3.08. The van der Waals surface area contributed by atoms with Gasteiger partial charge in [-0.15, -0.1) is 0 Å². The number of aliphatic imine (C=N–C) groups is 1. The van der Waals surface area contributed by atoms with Gasteiger partial charge in [-0.3, -0.25) is 9.36 Å². The van der Waals surface area contributed by atoms with Crippen LogP contribution in [-0.2, 0) is 12.1 Å². The largest absolute Gasteiger partial charge is 0.429 e. The number of nitrogens with one attached hydrogen (secondary N) is 1. The van der Waals surface area contributed by atoms with E-state index in [4.69, 9.17) is 0 Å². The number of anilines is 1. The third-order valence-corrected chi connectivity index (χ3v) is 4.29. The van der Waals surface area contributed by atoms with Crippen molar-refractivity contribution in [2.45, 2.75) is 38.5 Å². The van der Waals surface area contributed by atoms with Crippen LogP contribution in [0, 0.1) is 17.8 Å². The number of hydrogen-bond donors (Lipinski definition) is 1. The molecule has 28 heavy (non-hydrogen) atoms. The van der Waals surface area contributed by atoms with Crippen molar-refractivity contribution in [3.63, 3.8) is 0 Å². The molecule has 146 valence electrons. The lowest BCUT2D eigenvalue weighted by molar-refractivity contribution is -0.170. The molecule has 0 radical (unpaired) electrons. The summed E-state index contributed by atoms with van der Waals surface area (Å²) in [6, 6.07) is 5.81. The van der Waals surface area contributed by atoms with Crippen LogP contribution in [0.2, 0.25) is 0 Å². The highest BCUT2D eigenvalue weighted by atomic mass is 19.4. The summed E-state index contributed by atoms with van der Waals surface area (Å²) in [7, 11) is 0. The van der Waals surface area contributed by atoms with Gasteiger partial charge in [0.2, 0.25) is 5.54 Å². The lowest BCUT2D eigenvalue weighted by Gasteiger charge is -2.32. The normalized spacial score (nSPS) is 18.2. The molecule has 0 saturated heterocycles. The van der Waals surface area contributed by atoms with E-state index in [9.17, 15) is 18.0 Å². The molecule has 0 unspecified atom stereocenters. The first kappa shape index (κ1) is 19.7. The Morgan fingerprint density at radius 3 is 2.75 bits per heavy atom. The summed E-state index contributed by atoms with van der Waals surface area (Å²) in [6.07, 6.45) is -0.532. The van der Waals surface area contributed by atoms with Crippen LogP contribution in [0.5, 0.6) is 0 Å². The average molecular weight is 388 g/mol. The first-order chi connectivity index (χ1) is 13.2. The molecule has 2 heterocycles. The van der Waals surface area contributed by atoms with Gasteiger partial charge in [0, 0.05) is 29.9 Å². The Bertz CT molecular complexity index is 1010. The molecule has 0 fully saturated rings. The van der Waals surface area contributed by atoms with E-state index in [0.29, 0.717) is 12.0 Å². The van der Waals surface area contributed by atoms with Gasteiger partial charge >= 0.3 is 6.18 Å². The summed E-state index contributed by atoms with van der Waals surface area (Å²) in [5.74, 6) is 5.16. The summed E-state index contributed by atoms with van der Waals surface area (Å²) in [5, 5.41) is 2.77. The molecular formula is C20H19F3N4O. The topological polar surface area (TPSA) is 59.3 Å². The fourth-order valence-electron chi connectivity index (χ4n) is 2.87. The van der Waals surface area contributed by atoms with E-state index < -0.39 is 11.7 Å². The number of fused-ring (bicyclic) bond motifs is 1. The van der Waals surface area contributed by atoms with Crippen molar-refractivity contribution in [3.8, 4) is 11.8 Å². The van der Waals surface area contributed by atoms with Crippen LogP contribution >= 0.6 is 0 Å². The zero-order valence-electron chi connectivity index (χ0n) is 15.4. The van der Waals surface area contributed by atoms with Gasteiger partial charge in [-0.1, -0.05) is 37.8 Å².